The molecule has 0 aromatic rings. The van der Waals surface area contributed by atoms with E-state index in [0.29, 0.717) is 24.9 Å². The predicted octanol–water partition coefficient (Wildman–Crippen LogP) is 1.40. The van der Waals surface area contributed by atoms with E-state index < -0.39 is 9.84 Å². The molecule has 1 aliphatic carbocycles. The number of hydrogen-bond donors (Lipinski definition) is 1. The number of likely N-dealkylation sites (tertiary alicyclic amines) is 1. The summed E-state index contributed by atoms with van der Waals surface area (Å²) in [5.74, 6) is 1.32. The lowest BCUT2D eigenvalue weighted by atomic mass is 9.92. The molecule has 0 aromatic carbocycles. The molecule has 0 radical (unpaired) electrons. The van der Waals surface area contributed by atoms with Crippen LogP contribution >= 0.6 is 0 Å². The maximum Gasteiger partial charge on any atom is 0.317 e. The van der Waals surface area contributed by atoms with Gasteiger partial charge < -0.3 is 10.2 Å². The number of sulfone groups is 1. The Kier molecular flexibility index (Phi) is 3.93. The second-order valence-electron chi connectivity index (χ2n) is 6.55. The van der Waals surface area contributed by atoms with E-state index in [4.69, 9.17) is 0 Å². The second kappa shape index (κ2) is 5.54. The maximum atomic E-state index is 12.3. The van der Waals surface area contributed by atoms with E-state index in [1.165, 1.54) is 19.3 Å². The quantitative estimate of drug-likeness (QED) is 0.838. The topological polar surface area (TPSA) is 66.5 Å². The van der Waals surface area contributed by atoms with Crippen molar-refractivity contribution in [1.82, 2.24) is 10.2 Å². The van der Waals surface area contributed by atoms with Crippen LogP contribution in [0.25, 0.3) is 0 Å². The summed E-state index contributed by atoms with van der Waals surface area (Å²) in [4.78, 5) is 14.3. The molecule has 5 nitrogen and oxygen atoms in total. The van der Waals surface area contributed by atoms with Gasteiger partial charge in [-0.05, 0) is 43.9 Å². The standard InChI is InChI=1S/C14H24N2O3S/c17-14(15-9-11-6-8-20(18,19)10-11)16-7-2-4-12-3-1-5-13(12)16/h11-13H,1-10H2,(H,15,17)/t11-,12-,13+/m0/s1. The highest BCUT2D eigenvalue weighted by Gasteiger charge is 2.37. The van der Waals surface area contributed by atoms with E-state index in [1.807, 2.05) is 4.90 Å². The molecule has 3 rings (SSSR count). The van der Waals surface area contributed by atoms with Crippen LogP contribution in [0.15, 0.2) is 0 Å². The molecule has 20 heavy (non-hydrogen) atoms. The molecule has 2 aliphatic heterocycles. The van der Waals surface area contributed by atoms with Gasteiger partial charge in [-0.3, -0.25) is 0 Å². The van der Waals surface area contributed by atoms with Gasteiger partial charge in [0.1, 0.15) is 0 Å². The SMILES string of the molecule is O=C(NC[C@@H]1CCS(=O)(=O)C1)N1CCC[C@@H]2CCC[C@H]21. The van der Waals surface area contributed by atoms with Crippen molar-refractivity contribution in [2.45, 2.75) is 44.6 Å². The molecule has 0 unspecified atom stereocenters. The Hall–Kier alpha value is -0.780. The molecule has 2 amide bonds. The molecule has 0 spiro atoms. The van der Waals surface area contributed by atoms with Crippen molar-refractivity contribution >= 4 is 15.9 Å². The summed E-state index contributed by atoms with van der Waals surface area (Å²) in [5.41, 5.74) is 0. The summed E-state index contributed by atoms with van der Waals surface area (Å²) in [7, 11) is -2.85. The monoisotopic (exact) mass is 300 g/mol. The van der Waals surface area contributed by atoms with Gasteiger partial charge in [-0.15, -0.1) is 0 Å². The van der Waals surface area contributed by atoms with Crippen LogP contribution in [-0.2, 0) is 9.84 Å². The second-order valence-corrected chi connectivity index (χ2v) is 8.78. The number of nitrogens with one attached hydrogen (secondary N) is 1. The first-order valence-corrected chi connectivity index (χ1v) is 9.62. The number of carbonyl (C=O) groups is 1. The molecule has 1 N–H and O–H groups in total. The van der Waals surface area contributed by atoms with E-state index in [1.54, 1.807) is 0 Å². The highest BCUT2D eigenvalue weighted by atomic mass is 32.2. The smallest absolute Gasteiger partial charge is 0.317 e. The molecule has 3 atom stereocenters. The summed E-state index contributed by atoms with van der Waals surface area (Å²) in [5, 5.41) is 2.97. The number of rotatable bonds is 2. The van der Waals surface area contributed by atoms with Crippen molar-refractivity contribution < 1.29 is 13.2 Å². The molecule has 3 fully saturated rings. The van der Waals surface area contributed by atoms with E-state index in [-0.39, 0.29) is 23.5 Å². The molecule has 0 bridgehead atoms. The summed E-state index contributed by atoms with van der Waals surface area (Å²) in [6, 6.07) is 0.446. The fourth-order valence-corrected chi connectivity index (χ4v) is 5.93. The minimum Gasteiger partial charge on any atom is -0.338 e. The first-order chi connectivity index (χ1) is 9.55. The molecule has 0 aromatic heterocycles. The van der Waals surface area contributed by atoms with Crippen LogP contribution in [0.2, 0.25) is 0 Å². The minimum atomic E-state index is -2.85. The van der Waals surface area contributed by atoms with Gasteiger partial charge in [0.2, 0.25) is 0 Å². The van der Waals surface area contributed by atoms with Crippen molar-refractivity contribution in [1.29, 1.82) is 0 Å². The van der Waals surface area contributed by atoms with Gasteiger partial charge >= 0.3 is 6.03 Å². The average Bonchev–Trinajstić information content (AvgIpc) is 3.01. The third-order valence-corrected chi connectivity index (χ3v) is 6.96. The van der Waals surface area contributed by atoms with Crippen LogP contribution in [0.1, 0.15) is 38.5 Å². The first-order valence-electron chi connectivity index (χ1n) is 7.80. The summed E-state index contributed by atoms with van der Waals surface area (Å²) in [6.07, 6.45) is 6.68. The molecule has 2 saturated heterocycles. The predicted molar refractivity (Wildman–Crippen MR) is 77.2 cm³/mol. The molecule has 1 saturated carbocycles. The number of carbonyl (C=O) groups excluding carboxylic acids is 1. The Morgan fingerprint density at radius 2 is 1.95 bits per heavy atom. The lowest BCUT2D eigenvalue weighted by molar-refractivity contribution is 0.127. The normalized spacial score (nSPS) is 35.8. The Bertz CT molecular complexity index is 477. The maximum absolute atomic E-state index is 12.3. The molecule has 2 heterocycles. The van der Waals surface area contributed by atoms with Gasteiger partial charge in [0.05, 0.1) is 11.5 Å². The van der Waals surface area contributed by atoms with E-state index in [2.05, 4.69) is 5.32 Å². The third kappa shape index (κ3) is 2.95. The van der Waals surface area contributed by atoms with Gasteiger partial charge in [-0.25, -0.2) is 13.2 Å². The Balaban J connectivity index is 1.51. The Labute approximate surface area is 121 Å². The highest BCUT2D eigenvalue weighted by Crippen LogP contribution is 2.36. The van der Waals surface area contributed by atoms with Crippen LogP contribution in [-0.4, -0.2) is 50.0 Å². The fraction of sp³-hybridized carbons (Fsp3) is 0.929. The van der Waals surface area contributed by atoms with Crippen LogP contribution in [0.5, 0.6) is 0 Å². The zero-order valence-corrected chi connectivity index (χ0v) is 12.7. The zero-order valence-electron chi connectivity index (χ0n) is 11.9. The Morgan fingerprint density at radius 3 is 2.70 bits per heavy atom. The molecular formula is C14H24N2O3S. The summed E-state index contributed by atoms with van der Waals surface area (Å²) in [6.45, 7) is 1.36. The van der Waals surface area contributed by atoms with E-state index in [0.717, 1.165) is 19.4 Å². The number of fused-ring (bicyclic) bond motifs is 1. The van der Waals surface area contributed by atoms with Crippen LogP contribution < -0.4 is 5.32 Å². The van der Waals surface area contributed by atoms with Gasteiger partial charge in [0.15, 0.2) is 9.84 Å². The number of hydrogen-bond acceptors (Lipinski definition) is 3. The van der Waals surface area contributed by atoms with Crippen molar-refractivity contribution in [3.8, 4) is 0 Å². The highest BCUT2D eigenvalue weighted by molar-refractivity contribution is 7.91. The number of urea groups is 1. The van der Waals surface area contributed by atoms with Gasteiger partial charge in [0.25, 0.3) is 0 Å². The lowest BCUT2D eigenvalue weighted by Gasteiger charge is -2.37. The van der Waals surface area contributed by atoms with Gasteiger partial charge in [-0.2, -0.15) is 0 Å². The van der Waals surface area contributed by atoms with Crippen LogP contribution in [0.4, 0.5) is 4.79 Å². The van der Waals surface area contributed by atoms with Crippen molar-refractivity contribution in [3.63, 3.8) is 0 Å². The first kappa shape index (κ1) is 14.2. The molecule has 114 valence electrons. The van der Waals surface area contributed by atoms with Crippen molar-refractivity contribution in [2.24, 2.45) is 11.8 Å². The lowest BCUT2D eigenvalue weighted by Crippen LogP contribution is -2.51. The fourth-order valence-electron chi connectivity index (χ4n) is 4.07. The van der Waals surface area contributed by atoms with Crippen molar-refractivity contribution in [3.05, 3.63) is 0 Å². The van der Waals surface area contributed by atoms with Gasteiger partial charge in [0, 0.05) is 19.1 Å². The number of amides is 2. The number of piperidine rings is 1. The van der Waals surface area contributed by atoms with Crippen LogP contribution in [0, 0.1) is 11.8 Å². The summed E-state index contributed by atoms with van der Waals surface area (Å²) >= 11 is 0. The van der Waals surface area contributed by atoms with Crippen molar-refractivity contribution in [2.75, 3.05) is 24.6 Å². The zero-order chi connectivity index (χ0) is 14.2. The average molecular weight is 300 g/mol. The third-order valence-electron chi connectivity index (χ3n) is 5.12. The van der Waals surface area contributed by atoms with E-state index in [9.17, 15) is 13.2 Å². The van der Waals surface area contributed by atoms with E-state index >= 15 is 0 Å². The summed E-state index contributed by atoms with van der Waals surface area (Å²) < 4.78 is 22.8. The molecule has 6 heteroatoms. The minimum absolute atomic E-state index is 0.0193. The molecule has 3 aliphatic rings. The largest absolute Gasteiger partial charge is 0.338 e. The number of nitrogens with zero attached hydrogens (tertiary/aromatic N) is 1. The Morgan fingerprint density at radius 1 is 1.15 bits per heavy atom. The van der Waals surface area contributed by atoms with Gasteiger partial charge in [-0.1, -0.05) is 6.42 Å². The van der Waals surface area contributed by atoms with Crippen LogP contribution in [0.3, 0.4) is 0 Å². The molecular weight excluding hydrogens is 276 g/mol.